The van der Waals surface area contributed by atoms with E-state index in [1.54, 1.807) is 12.3 Å². The fourth-order valence-corrected chi connectivity index (χ4v) is 5.59. The van der Waals surface area contributed by atoms with Crippen molar-refractivity contribution in [3.63, 3.8) is 0 Å². The molecule has 1 aromatic heterocycles. The van der Waals surface area contributed by atoms with Crippen molar-refractivity contribution in [2.24, 2.45) is 0 Å². The minimum absolute atomic E-state index is 0.00502. The summed E-state index contributed by atoms with van der Waals surface area (Å²) in [5.41, 5.74) is 6.64. The number of urea groups is 1. The standard InChI is InChI=1S/C23H26ClN3O/c24-21-11-16(7-10-25-21)14-26-22(28)27-15-23(8-2-1-3-9-23)19-12-17-5-4-6-18(17)13-20(19)27/h7,10-13H,1-6,8-9,14-15H2,(H,26,28). The number of carbonyl (C=O) groups is 1. The number of carbonyl (C=O) groups excluding carboxylic acids is 1. The molecule has 0 unspecified atom stereocenters. The van der Waals surface area contributed by atoms with Gasteiger partial charge in [-0.05, 0) is 72.6 Å². The van der Waals surface area contributed by atoms with Crippen LogP contribution in [-0.4, -0.2) is 17.6 Å². The van der Waals surface area contributed by atoms with E-state index >= 15 is 0 Å². The van der Waals surface area contributed by atoms with Gasteiger partial charge in [-0.2, -0.15) is 0 Å². The number of benzene rings is 1. The van der Waals surface area contributed by atoms with Crippen LogP contribution < -0.4 is 10.2 Å². The SMILES string of the molecule is O=C(NCc1ccnc(Cl)c1)N1CC2(CCCCC2)c2cc3c(cc21)CCC3. The number of fused-ring (bicyclic) bond motifs is 3. The Kier molecular flexibility index (Phi) is 4.54. The molecule has 5 rings (SSSR count). The summed E-state index contributed by atoms with van der Waals surface area (Å²) < 4.78 is 0. The minimum atomic E-state index is -0.00502. The number of amides is 2. The number of aromatic nitrogens is 1. The van der Waals surface area contributed by atoms with E-state index in [0.717, 1.165) is 24.2 Å². The first kappa shape index (κ1) is 18.0. The zero-order chi connectivity index (χ0) is 19.1. The second-order valence-electron chi connectivity index (χ2n) is 8.56. The van der Waals surface area contributed by atoms with E-state index in [0.29, 0.717) is 11.7 Å². The molecule has 1 N–H and O–H groups in total. The van der Waals surface area contributed by atoms with Gasteiger partial charge < -0.3 is 5.32 Å². The Bertz CT molecular complexity index is 920. The molecular weight excluding hydrogens is 370 g/mol. The van der Waals surface area contributed by atoms with Crippen LogP contribution in [0, 0.1) is 0 Å². The van der Waals surface area contributed by atoms with Crippen LogP contribution in [0.5, 0.6) is 0 Å². The molecule has 1 fully saturated rings. The zero-order valence-electron chi connectivity index (χ0n) is 16.1. The highest BCUT2D eigenvalue weighted by Crippen LogP contribution is 2.50. The first-order valence-corrected chi connectivity index (χ1v) is 10.8. The number of pyridine rings is 1. The molecule has 0 radical (unpaired) electrons. The third kappa shape index (κ3) is 3.08. The van der Waals surface area contributed by atoms with Crippen molar-refractivity contribution in [1.29, 1.82) is 0 Å². The van der Waals surface area contributed by atoms with E-state index < -0.39 is 0 Å². The fraction of sp³-hybridized carbons (Fsp3) is 0.478. The molecule has 2 aromatic rings. The zero-order valence-corrected chi connectivity index (χ0v) is 16.9. The van der Waals surface area contributed by atoms with Crippen LogP contribution in [0.4, 0.5) is 10.5 Å². The highest BCUT2D eigenvalue weighted by atomic mass is 35.5. The van der Waals surface area contributed by atoms with Gasteiger partial charge in [-0.15, -0.1) is 0 Å². The van der Waals surface area contributed by atoms with Crippen molar-refractivity contribution in [2.45, 2.75) is 63.3 Å². The Labute approximate surface area is 171 Å². The van der Waals surface area contributed by atoms with Gasteiger partial charge in [0.25, 0.3) is 0 Å². The summed E-state index contributed by atoms with van der Waals surface area (Å²) in [5.74, 6) is 0. The van der Waals surface area contributed by atoms with Gasteiger partial charge in [-0.3, -0.25) is 4.90 Å². The molecule has 1 saturated carbocycles. The van der Waals surface area contributed by atoms with E-state index in [9.17, 15) is 4.79 Å². The quantitative estimate of drug-likeness (QED) is 0.714. The summed E-state index contributed by atoms with van der Waals surface area (Å²) in [6.07, 6.45) is 11.5. The Morgan fingerprint density at radius 1 is 1.11 bits per heavy atom. The van der Waals surface area contributed by atoms with E-state index in [1.807, 2.05) is 11.0 Å². The van der Waals surface area contributed by atoms with Crippen LogP contribution in [0.15, 0.2) is 30.5 Å². The molecule has 0 bridgehead atoms. The smallest absolute Gasteiger partial charge is 0.322 e. The van der Waals surface area contributed by atoms with E-state index in [1.165, 1.54) is 61.6 Å². The van der Waals surface area contributed by atoms with Crippen LogP contribution in [0.3, 0.4) is 0 Å². The number of rotatable bonds is 2. The number of halogens is 1. The highest BCUT2D eigenvalue weighted by Gasteiger charge is 2.45. The van der Waals surface area contributed by atoms with Crippen molar-refractivity contribution in [1.82, 2.24) is 10.3 Å². The van der Waals surface area contributed by atoms with Crippen molar-refractivity contribution in [3.8, 4) is 0 Å². The first-order valence-electron chi connectivity index (χ1n) is 10.5. The van der Waals surface area contributed by atoms with Gasteiger partial charge in [0, 0.05) is 30.4 Å². The molecule has 5 heteroatoms. The summed E-state index contributed by atoms with van der Waals surface area (Å²) in [6, 6.07) is 8.44. The van der Waals surface area contributed by atoms with Crippen molar-refractivity contribution >= 4 is 23.3 Å². The molecule has 0 saturated heterocycles. The monoisotopic (exact) mass is 395 g/mol. The maximum absolute atomic E-state index is 13.2. The lowest BCUT2D eigenvalue weighted by atomic mass is 9.70. The van der Waals surface area contributed by atoms with Gasteiger partial charge in [0.05, 0.1) is 0 Å². The van der Waals surface area contributed by atoms with Crippen LogP contribution in [0.1, 0.15) is 60.8 Å². The van der Waals surface area contributed by atoms with Crippen LogP contribution in [-0.2, 0) is 24.8 Å². The van der Waals surface area contributed by atoms with Crippen LogP contribution in [0.2, 0.25) is 5.15 Å². The Morgan fingerprint density at radius 2 is 1.89 bits per heavy atom. The minimum Gasteiger partial charge on any atom is -0.334 e. The second kappa shape index (κ2) is 7.07. The molecule has 1 spiro atoms. The molecule has 0 atom stereocenters. The average Bonchev–Trinajstić information content (AvgIpc) is 3.28. The summed E-state index contributed by atoms with van der Waals surface area (Å²) in [6.45, 7) is 1.28. The number of aryl methyl sites for hydroxylation is 2. The number of nitrogens with one attached hydrogen (secondary N) is 1. The molecule has 2 aliphatic carbocycles. The summed E-state index contributed by atoms with van der Waals surface area (Å²) in [7, 11) is 0. The maximum atomic E-state index is 13.2. The average molecular weight is 396 g/mol. The van der Waals surface area contributed by atoms with Gasteiger partial charge in [0.1, 0.15) is 5.15 Å². The van der Waals surface area contributed by atoms with E-state index in [-0.39, 0.29) is 11.4 Å². The normalized spacial score (nSPS) is 19.5. The molecule has 146 valence electrons. The number of nitrogens with zero attached hydrogens (tertiary/aromatic N) is 2. The molecule has 4 nitrogen and oxygen atoms in total. The van der Waals surface area contributed by atoms with Crippen LogP contribution in [0.25, 0.3) is 0 Å². The Morgan fingerprint density at radius 3 is 2.68 bits per heavy atom. The lowest BCUT2D eigenvalue weighted by Gasteiger charge is -2.34. The van der Waals surface area contributed by atoms with Gasteiger partial charge in [-0.25, -0.2) is 9.78 Å². The predicted octanol–water partition coefficient (Wildman–Crippen LogP) is 5.16. The molecule has 2 amide bonds. The second-order valence-corrected chi connectivity index (χ2v) is 8.95. The number of hydrogen-bond acceptors (Lipinski definition) is 2. The third-order valence-corrected chi connectivity index (χ3v) is 7.03. The van der Waals surface area contributed by atoms with Crippen molar-refractivity contribution < 1.29 is 4.79 Å². The first-order chi connectivity index (χ1) is 13.6. The van der Waals surface area contributed by atoms with Crippen LogP contribution >= 0.6 is 11.6 Å². The van der Waals surface area contributed by atoms with Gasteiger partial charge >= 0.3 is 6.03 Å². The van der Waals surface area contributed by atoms with Gasteiger partial charge in [-0.1, -0.05) is 36.9 Å². The maximum Gasteiger partial charge on any atom is 0.322 e. The topological polar surface area (TPSA) is 45.2 Å². The van der Waals surface area contributed by atoms with E-state index in [2.05, 4.69) is 22.4 Å². The Hall–Kier alpha value is -2.07. The molecule has 1 aromatic carbocycles. The summed E-state index contributed by atoms with van der Waals surface area (Å²) >= 11 is 5.97. The van der Waals surface area contributed by atoms with Gasteiger partial charge in [0.15, 0.2) is 0 Å². The molecule has 2 heterocycles. The summed E-state index contributed by atoms with van der Waals surface area (Å²) in [5, 5.41) is 3.55. The summed E-state index contributed by atoms with van der Waals surface area (Å²) in [4.78, 5) is 19.2. The fourth-order valence-electron chi connectivity index (χ4n) is 5.40. The molecule has 28 heavy (non-hydrogen) atoms. The lowest BCUT2D eigenvalue weighted by molar-refractivity contribution is 0.242. The molecule has 3 aliphatic rings. The predicted molar refractivity (Wildman–Crippen MR) is 112 cm³/mol. The lowest BCUT2D eigenvalue weighted by Crippen LogP contribution is -2.43. The van der Waals surface area contributed by atoms with E-state index in [4.69, 9.17) is 11.6 Å². The Balaban J connectivity index is 1.43. The molecule has 1 aliphatic heterocycles. The van der Waals surface area contributed by atoms with Gasteiger partial charge in [0.2, 0.25) is 0 Å². The number of anilines is 1. The van der Waals surface area contributed by atoms with Crippen molar-refractivity contribution in [2.75, 3.05) is 11.4 Å². The number of hydrogen-bond donors (Lipinski definition) is 1. The third-order valence-electron chi connectivity index (χ3n) is 6.82. The largest absolute Gasteiger partial charge is 0.334 e. The highest BCUT2D eigenvalue weighted by molar-refractivity contribution is 6.29. The molecular formula is C23H26ClN3O. The van der Waals surface area contributed by atoms with Crippen molar-refractivity contribution in [3.05, 3.63) is 57.9 Å².